The van der Waals surface area contributed by atoms with E-state index in [1.165, 1.54) is 7.11 Å². The summed E-state index contributed by atoms with van der Waals surface area (Å²) >= 11 is 0. The van der Waals surface area contributed by atoms with Crippen molar-refractivity contribution in [2.24, 2.45) is 0 Å². The van der Waals surface area contributed by atoms with E-state index in [1.807, 2.05) is 0 Å². The second-order valence-corrected chi connectivity index (χ2v) is 9.67. The average Bonchev–Trinajstić information content (AvgIpc) is 3.34. The molecule has 1 saturated heterocycles. The predicted octanol–water partition coefficient (Wildman–Crippen LogP) is 6.37. The molecule has 0 spiro atoms. The van der Waals surface area contributed by atoms with Crippen molar-refractivity contribution in [2.45, 2.75) is 18.9 Å². The van der Waals surface area contributed by atoms with Crippen molar-refractivity contribution in [1.29, 1.82) is 0 Å². The molecule has 1 aliphatic rings. The predicted molar refractivity (Wildman–Crippen MR) is 144 cm³/mol. The molecule has 1 N–H and O–H groups in total. The SMILES string of the molecule is COc1ccc(-c2nc3ccccn3c2NCc2cc(C(F)(F)F)cc(C(F)(F)F)c2)cc1OCCN1CCOCC1. The maximum Gasteiger partial charge on any atom is 0.416 e. The Morgan fingerprint density at radius 1 is 0.905 bits per heavy atom. The highest BCUT2D eigenvalue weighted by atomic mass is 19.4. The maximum absolute atomic E-state index is 13.4. The zero-order valence-corrected chi connectivity index (χ0v) is 22.6. The van der Waals surface area contributed by atoms with E-state index in [4.69, 9.17) is 14.2 Å². The van der Waals surface area contributed by atoms with Gasteiger partial charge in [-0.15, -0.1) is 0 Å². The number of fused-ring (bicyclic) bond motifs is 1. The number of methoxy groups -OCH3 is 1. The van der Waals surface area contributed by atoms with Crippen molar-refractivity contribution >= 4 is 11.5 Å². The molecule has 13 heteroatoms. The standard InChI is InChI=1S/C29H28F6N4O3/c1-40-23-6-5-20(16-24(23)42-13-10-38-8-11-41-12-9-38)26-27(39-7-3-2-4-25(39)37-26)36-18-19-14-21(28(30,31)32)17-22(15-19)29(33,34)35/h2-7,14-17,36H,8-13,18H2,1H3. The summed E-state index contributed by atoms with van der Waals surface area (Å²) in [5, 5.41) is 3.02. The van der Waals surface area contributed by atoms with E-state index in [0.717, 1.165) is 13.1 Å². The molecule has 2 aromatic heterocycles. The van der Waals surface area contributed by atoms with Crippen molar-refractivity contribution in [3.63, 3.8) is 0 Å². The van der Waals surface area contributed by atoms with Crippen LogP contribution in [-0.2, 0) is 23.6 Å². The highest BCUT2D eigenvalue weighted by molar-refractivity contribution is 5.78. The molecule has 0 unspecified atom stereocenters. The Balaban J connectivity index is 1.45. The fraction of sp³-hybridized carbons (Fsp3) is 0.345. The lowest BCUT2D eigenvalue weighted by atomic mass is 10.0. The van der Waals surface area contributed by atoms with Crippen LogP contribution in [0.4, 0.5) is 32.2 Å². The van der Waals surface area contributed by atoms with Crippen LogP contribution in [0.2, 0.25) is 0 Å². The van der Waals surface area contributed by atoms with Gasteiger partial charge in [0.1, 0.15) is 23.8 Å². The Bertz CT molecular complexity index is 1500. The summed E-state index contributed by atoms with van der Waals surface area (Å²) in [6.45, 7) is 3.73. The first-order valence-electron chi connectivity index (χ1n) is 13.1. The number of benzene rings is 2. The Hall–Kier alpha value is -3.97. The quantitative estimate of drug-likeness (QED) is 0.227. The van der Waals surface area contributed by atoms with Gasteiger partial charge in [0.2, 0.25) is 0 Å². The van der Waals surface area contributed by atoms with Crippen LogP contribution in [-0.4, -0.2) is 60.8 Å². The maximum atomic E-state index is 13.4. The van der Waals surface area contributed by atoms with Crippen LogP contribution in [0.5, 0.6) is 11.5 Å². The van der Waals surface area contributed by atoms with Crippen molar-refractivity contribution in [3.05, 3.63) is 77.5 Å². The summed E-state index contributed by atoms with van der Waals surface area (Å²) in [6, 6.07) is 12.0. The molecule has 42 heavy (non-hydrogen) atoms. The molecule has 0 radical (unpaired) electrons. The van der Waals surface area contributed by atoms with Gasteiger partial charge in [-0.2, -0.15) is 26.3 Å². The lowest BCUT2D eigenvalue weighted by Gasteiger charge is -2.26. The van der Waals surface area contributed by atoms with E-state index in [9.17, 15) is 26.3 Å². The number of nitrogens with zero attached hydrogens (tertiary/aromatic N) is 3. The molecular formula is C29H28F6N4O3. The summed E-state index contributed by atoms with van der Waals surface area (Å²) in [4.78, 5) is 6.91. The lowest BCUT2D eigenvalue weighted by molar-refractivity contribution is -0.143. The van der Waals surface area contributed by atoms with Gasteiger partial charge in [0, 0.05) is 37.9 Å². The highest BCUT2D eigenvalue weighted by Gasteiger charge is 2.37. The number of hydrogen-bond donors (Lipinski definition) is 1. The molecule has 4 aromatic rings. The second-order valence-electron chi connectivity index (χ2n) is 9.67. The van der Waals surface area contributed by atoms with E-state index in [0.29, 0.717) is 72.7 Å². The largest absolute Gasteiger partial charge is 0.493 e. The summed E-state index contributed by atoms with van der Waals surface area (Å²) in [6.07, 6.45) is -8.18. The van der Waals surface area contributed by atoms with Gasteiger partial charge in [0.25, 0.3) is 0 Å². The first kappa shape index (κ1) is 29.5. The topological polar surface area (TPSA) is 60.3 Å². The third-order valence-electron chi connectivity index (χ3n) is 6.84. The molecule has 1 aliphatic heterocycles. The number of rotatable bonds is 9. The number of halogens is 6. The van der Waals surface area contributed by atoms with E-state index in [2.05, 4.69) is 15.2 Å². The molecular weight excluding hydrogens is 566 g/mol. The van der Waals surface area contributed by atoms with Gasteiger partial charge in [-0.05, 0) is 54.1 Å². The van der Waals surface area contributed by atoms with Crippen LogP contribution < -0.4 is 14.8 Å². The number of alkyl halides is 6. The summed E-state index contributed by atoms with van der Waals surface area (Å²) in [7, 11) is 1.52. The van der Waals surface area contributed by atoms with Crippen LogP contribution in [0.25, 0.3) is 16.9 Å². The Kier molecular flexibility index (Phi) is 8.50. The minimum atomic E-state index is -4.94. The van der Waals surface area contributed by atoms with Gasteiger partial charge < -0.3 is 19.5 Å². The molecule has 3 heterocycles. The summed E-state index contributed by atoms with van der Waals surface area (Å²) in [5.74, 6) is 1.36. The third-order valence-corrected chi connectivity index (χ3v) is 6.84. The average molecular weight is 595 g/mol. The molecule has 2 aromatic carbocycles. The van der Waals surface area contributed by atoms with Crippen molar-refractivity contribution in [1.82, 2.24) is 14.3 Å². The molecule has 0 bridgehead atoms. The van der Waals surface area contributed by atoms with Crippen molar-refractivity contribution < 1.29 is 40.6 Å². The normalized spacial score (nSPS) is 14.7. The van der Waals surface area contributed by atoms with Crippen LogP contribution in [0.3, 0.4) is 0 Å². The van der Waals surface area contributed by atoms with Crippen LogP contribution >= 0.6 is 0 Å². The van der Waals surface area contributed by atoms with E-state index >= 15 is 0 Å². The zero-order valence-electron chi connectivity index (χ0n) is 22.6. The number of nitrogens with one attached hydrogen (secondary N) is 1. The van der Waals surface area contributed by atoms with Gasteiger partial charge in [-0.1, -0.05) is 6.07 Å². The fourth-order valence-corrected chi connectivity index (χ4v) is 4.72. The minimum Gasteiger partial charge on any atom is -0.493 e. The molecule has 0 atom stereocenters. The van der Waals surface area contributed by atoms with Crippen LogP contribution in [0.1, 0.15) is 16.7 Å². The van der Waals surface area contributed by atoms with Gasteiger partial charge in [-0.25, -0.2) is 4.98 Å². The first-order valence-corrected chi connectivity index (χ1v) is 13.1. The van der Waals surface area contributed by atoms with Crippen LogP contribution in [0, 0.1) is 0 Å². The van der Waals surface area contributed by atoms with Gasteiger partial charge >= 0.3 is 12.4 Å². The summed E-state index contributed by atoms with van der Waals surface area (Å²) < 4.78 is 99.0. The smallest absolute Gasteiger partial charge is 0.416 e. The van der Waals surface area contributed by atoms with Gasteiger partial charge in [0.05, 0.1) is 31.5 Å². The monoisotopic (exact) mass is 594 g/mol. The van der Waals surface area contributed by atoms with Crippen LogP contribution in [0.15, 0.2) is 60.8 Å². The Morgan fingerprint density at radius 3 is 2.29 bits per heavy atom. The number of aromatic nitrogens is 2. The number of anilines is 1. The summed E-state index contributed by atoms with van der Waals surface area (Å²) in [5.41, 5.74) is -1.35. The van der Waals surface area contributed by atoms with Gasteiger partial charge in [0.15, 0.2) is 11.5 Å². The van der Waals surface area contributed by atoms with Gasteiger partial charge in [-0.3, -0.25) is 9.30 Å². The lowest BCUT2D eigenvalue weighted by Crippen LogP contribution is -2.38. The Labute approximate surface area is 237 Å². The number of ether oxygens (including phenoxy) is 3. The molecule has 7 nitrogen and oxygen atoms in total. The molecule has 5 rings (SSSR count). The van der Waals surface area contributed by atoms with Crippen molar-refractivity contribution in [3.8, 4) is 22.8 Å². The van der Waals surface area contributed by atoms with Crippen molar-refractivity contribution in [2.75, 3.05) is 51.9 Å². The Morgan fingerprint density at radius 2 is 1.62 bits per heavy atom. The third kappa shape index (κ3) is 6.73. The molecule has 0 saturated carbocycles. The molecule has 224 valence electrons. The highest BCUT2D eigenvalue weighted by Crippen LogP contribution is 2.38. The zero-order chi connectivity index (χ0) is 29.9. The number of hydrogen-bond acceptors (Lipinski definition) is 6. The first-order chi connectivity index (χ1) is 20.0. The number of imidazole rings is 1. The number of pyridine rings is 1. The minimum absolute atomic E-state index is 0.112. The second kappa shape index (κ2) is 12.1. The molecule has 0 aliphatic carbocycles. The number of morpholine rings is 1. The fourth-order valence-electron chi connectivity index (χ4n) is 4.72. The van der Waals surface area contributed by atoms with E-state index < -0.39 is 23.5 Å². The molecule has 0 amide bonds. The van der Waals surface area contributed by atoms with E-state index in [-0.39, 0.29) is 18.2 Å². The van der Waals surface area contributed by atoms with E-state index in [1.54, 1.807) is 47.0 Å². The molecule has 1 fully saturated rings.